The Kier molecular flexibility index (Phi) is 8.47. The number of nitrogens with two attached hydrogens (primary N) is 1. The molecule has 1 saturated carbocycles. The fraction of sp³-hybridized carbons (Fsp3) is 0.385. The molecule has 2 amide bonds. The van der Waals surface area contributed by atoms with Gasteiger partial charge in [-0.25, -0.2) is 13.3 Å². The number of pyridine rings is 1. The van der Waals surface area contributed by atoms with Gasteiger partial charge in [0.05, 0.1) is 30.1 Å². The van der Waals surface area contributed by atoms with Gasteiger partial charge in [0.25, 0.3) is 18.2 Å². The minimum Gasteiger partial charge on any atom is -0.495 e. The monoisotopic (exact) mass is 544 g/mol. The summed E-state index contributed by atoms with van der Waals surface area (Å²) in [5, 5.41) is 17.7. The van der Waals surface area contributed by atoms with Gasteiger partial charge in [-0.3, -0.25) is 9.59 Å². The summed E-state index contributed by atoms with van der Waals surface area (Å²) in [6.45, 7) is 1.14. The van der Waals surface area contributed by atoms with Crippen LogP contribution in [0.3, 0.4) is 0 Å². The van der Waals surface area contributed by atoms with Crippen LogP contribution in [-0.4, -0.2) is 59.9 Å². The van der Waals surface area contributed by atoms with Gasteiger partial charge in [-0.05, 0) is 56.4 Å². The number of primary amides is 1. The van der Waals surface area contributed by atoms with Crippen LogP contribution in [0.1, 0.15) is 36.5 Å². The molecule has 1 aliphatic heterocycles. The minimum atomic E-state index is -2.60. The standard InChI is InChI=1S/C26H30F2N6O5/c1-14(32-25(36)19(10-29)20-5-3-16(11-31-20)38-13-22(27)28)7-15-8-18(9-15)39-26-23(24(30)35)21-6-4-17(37-2)12-34(21)33-26/h3-6,10-12,14-15,18,22,29,31H,7-9,13H2,1-2H3,(H2,30,35)(H,32,36)/b20-19+,29-10?/t14-,15?,18?/m0/s1. The first-order chi connectivity index (χ1) is 18.7. The van der Waals surface area contributed by atoms with E-state index in [2.05, 4.69) is 15.7 Å². The van der Waals surface area contributed by atoms with Crippen molar-refractivity contribution in [1.29, 1.82) is 5.41 Å². The van der Waals surface area contributed by atoms with E-state index in [4.69, 9.17) is 25.4 Å². The number of allylic oxidation sites excluding steroid dienone is 2. The van der Waals surface area contributed by atoms with E-state index in [0.29, 0.717) is 36.2 Å². The molecule has 13 heteroatoms. The number of hydrogen-bond donors (Lipinski definition) is 4. The van der Waals surface area contributed by atoms with Gasteiger partial charge in [0.15, 0.2) is 0 Å². The Morgan fingerprint density at radius 3 is 2.72 bits per heavy atom. The van der Waals surface area contributed by atoms with E-state index in [9.17, 15) is 18.4 Å². The molecule has 0 aromatic carbocycles. The Hall–Kier alpha value is -4.42. The van der Waals surface area contributed by atoms with Gasteiger partial charge in [-0.2, -0.15) is 0 Å². The Balaban J connectivity index is 1.29. The molecule has 0 bridgehead atoms. The molecule has 3 heterocycles. The largest absolute Gasteiger partial charge is 0.495 e. The summed E-state index contributed by atoms with van der Waals surface area (Å²) in [4.78, 5) is 24.8. The summed E-state index contributed by atoms with van der Waals surface area (Å²) in [5.41, 5.74) is 6.77. The number of methoxy groups -OCH3 is 1. The van der Waals surface area contributed by atoms with E-state index < -0.39 is 24.8 Å². The highest BCUT2D eigenvalue weighted by Crippen LogP contribution is 2.36. The fourth-order valence-electron chi connectivity index (χ4n) is 4.52. The van der Waals surface area contributed by atoms with Crippen molar-refractivity contribution in [2.75, 3.05) is 13.7 Å². The normalized spacial score (nSPS) is 20.4. The maximum absolute atomic E-state index is 12.8. The number of nitrogens with one attached hydrogen (secondary N) is 3. The van der Waals surface area contributed by atoms with Gasteiger partial charge >= 0.3 is 0 Å². The summed E-state index contributed by atoms with van der Waals surface area (Å²) in [6, 6.07) is 3.22. The van der Waals surface area contributed by atoms with Gasteiger partial charge in [0, 0.05) is 18.5 Å². The van der Waals surface area contributed by atoms with Gasteiger partial charge in [-0.15, -0.1) is 5.10 Å². The van der Waals surface area contributed by atoms with Crippen LogP contribution in [0.15, 0.2) is 53.7 Å². The van der Waals surface area contributed by atoms with Crippen molar-refractivity contribution >= 4 is 23.5 Å². The summed E-state index contributed by atoms with van der Waals surface area (Å²) in [7, 11) is 1.53. The topological polar surface area (TPSA) is 153 Å². The number of fused-ring (bicyclic) bond motifs is 1. The molecule has 0 radical (unpaired) electrons. The van der Waals surface area contributed by atoms with Crippen LogP contribution >= 0.6 is 0 Å². The average molecular weight is 545 g/mol. The number of rotatable bonds is 12. The number of carbonyl (C=O) groups excluding carboxylic acids is 2. The highest BCUT2D eigenvalue weighted by atomic mass is 19.3. The highest BCUT2D eigenvalue weighted by molar-refractivity contribution is 6.12. The molecule has 2 aromatic heterocycles. The van der Waals surface area contributed by atoms with E-state index in [1.165, 1.54) is 30.0 Å². The molecule has 1 atom stereocenters. The summed E-state index contributed by atoms with van der Waals surface area (Å²) < 4.78 is 42.2. The van der Waals surface area contributed by atoms with E-state index in [-0.39, 0.29) is 40.8 Å². The second kappa shape index (κ2) is 12.0. The van der Waals surface area contributed by atoms with E-state index in [0.717, 1.165) is 6.21 Å². The molecule has 11 nitrogen and oxygen atoms in total. The van der Waals surface area contributed by atoms with Gasteiger partial charge in [0.1, 0.15) is 29.8 Å². The number of carbonyl (C=O) groups is 2. The van der Waals surface area contributed by atoms with Crippen molar-refractivity contribution in [2.24, 2.45) is 11.7 Å². The SMILES string of the molecule is COc1ccc2c(C(N)=O)c(OC3CC(C[C@H](C)NC(=O)/C(C=N)=C4\C=CC(OCC(F)F)=CN4)C3)nn2c1. The number of halogens is 2. The lowest BCUT2D eigenvalue weighted by atomic mass is 9.78. The second-order valence-corrected chi connectivity index (χ2v) is 9.33. The van der Waals surface area contributed by atoms with Crippen LogP contribution in [0.2, 0.25) is 0 Å². The number of nitrogens with zero attached hydrogens (tertiary/aromatic N) is 2. The number of alkyl halides is 2. The van der Waals surface area contributed by atoms with E-state index in [1.54, 1.807) is 18.3 Å². The minimum absolute atomic E-state index is 0.0968. The molecule has 2 aliphatic rings. The van der Waals surface area contributed by atoms with Crippen LogP contribution in [0.4, 0.5) is 8.78 Å². The molecule has 1 aliphatic carbocycles. The first-order valence-electron chi connectivity index (χ1n) is 12.3. The van der Waals surface area contributed by atoms with Crippen molar-refractivity contribution in [3.63, 3.8) is 0 Å². The molecule has 0 spiro atoms. The fourth-order valence-corrected chi connectivity index (χ4v) is 4.52. The molecule has 208 valence electrons. The van der Waals surface area contributed by atoms with Gasteiger partial charge in [0.2, 0.25) is 5.88 Å². The number of amides is 2. The molecule has 1 fully saturated rings. The van der Waals surface area contributed by atoms with Crippen LogP contribution in [0, 0.1) is 11.3 Å². The molecule has 2 aromatic rings. The Labute approximate surface area is 223 Å². The van der Waals surface area contributed by atoms with Crippen molar-refractivity contribution in [3.05, 3.63) is 59.3 Å². The average Bonchev–Trinajstić information content (AvgIpc) is 3.24. The van der Waals surface area contributed by atoms with Crippen molar-refractivity contribution in [3.8, 4) is 11.6 Å². The van der Waals surface area contributed by atoms with E-state index in [1.807, 2.05) is 6.92 Å². The van der Waals surface area contributed by atoms with Crippen molar-refractivity contribution in [1.82, 2.24) is 20.2 Å². The molecular formula is C26H30F2N6O5. The third kappa shape index (κ3) is 6.54. The number of hydrogen-bond acceptors (Lipinski definition) is 8. The maximum atomic E-state index is 12.8. The molecule has 0 unspecified atom stereocenters. The number of aromatic nitrogens is 2. The third-order valence-electron chi connectivity index (χ3n) is 6.43. The van der Waals surface area contributed by atoms with Crippen LogP contribution in [0.5, 0.6) is 11.6 Å². The molecule has 5 N–H and O–H groups in total. The quantitative estimate of drug-likeness (QED) is 0.237. The maximum Gasteiger partial charge on any atom is 0.272 e. The number of ether oxygens (including phenoxy) is 3. The summed E-state index contributed by atoms with van der Waals surface area (Å²) >= 11 is 0. The zero-order chi connectivity index (χ0) is 28.1. The lowest BCUT2D eigenvalue weighted by molar-refractivity contribution is -0.117. The first-order valence-corrected chi connectivity index (χ1v) is 12.3. The summed E-state index contributed by atoms with van der Waals surface area (Å²) in [6.07, 6.45) is 6.24. The molecular weight excluding hydrogens is 514 g/mol. The first kappa shape index (κ1) is 27.6. The van der Waals surface area contributed by atoms with Gasteiger partial charge in [-0.1, -0.05) is 0 Å². The zero-order valence-electron chi connectivity index (χ0n) is 21.4. The van der Waals surface area contributed by atoms with E-state index >= 15 is 0 Å². The second-order valence-electron chi connectivity index (χ2n) is 9.33. The predicted molar refractivity (Wildman–Crippen MR) is 138 cm³/mol. The van der Waals surface area contributed by atoms with Crippen molar-refractivity contribution < 1.29 is 32.6 Å². The van der Waals surface area contributed by atoms with Gasteiger partial charge < -0.3 is 36.0 Å². The Morgan fingerprint density at radius 2 is 2.10 bits per heavy atom. The lowest BCUT2D eigenvalue weighted by Crippen LogP contribution is -2.41. The Bertz CT molecular complexity index is 1350. The van der Waals surface area contributed by atoms with Crippen molar-refractivity contribution in [2.45, 2.75) is 44.8 Å². The zero-order valence-corrected chi connectivity index (χ0v) is 21.4. The third-order valence-corrected chi connectivity index (χ3v) is 6.43. The molecule has 39 heavy (non-hydrogen) atoms. The van der Waals surface area contributed by atoms with Crippen LogP contribution in [-0.2, 0) is 9.53 Å². The molecule has 0 saturated heterocycles. The highest BCUT2D eigenvalue weighted by Gasteiger charge is 2.34. The summed E-state index contributed by atoms with van der Waals surface area (Å²) in [5.74, 6) is 0.152. The Morgan fingerprint density at radius 1 is 1.33 bits per heavy atom. The lowest BCUT2D eigenvalue weighted by Gasteiger charge is -2.36. The number of dihydropyridines is 1. The molecule has 4 rings (SSSR count). The predicted octanol–water partition coefficient (Wildman–Crippen LogP) is 2.68. The van der Waals surface area contributed by atoms with Crippen LogP contribution < -0.4 is 25.8 Å². The smallest absolute Gasteiger partial charge is 0.272 e. The van der Waals surface area contributed by atoms with Crippen LogP contribution in [0.25, 0.3) is 5.52 Å².